The van der Waals surface area contributed by atoms with E-state index in [1.54, 1.807) is 0 Å². The van der Waals surface area contributed by atoms with Gasteiger partial charge in [-0.05, 0) is 122 Å². The summed E-state index contributed by atoms with van der Waals surface area (Å²) in [4.78, 5) is 24.6. The molecule has 0 heterocycles. The van der Waals surface area contributed by atoms with Gasteiger partial charge >= 0.3 is 11.9 Å². The summed E-state index contributed by atoms with van der Waals surface area (Å²) in [7, 11) is 0. The number of allylic oxidation sites excluding steroid dienone is 26. The van der Waals surface area contributed by atoms with Crippen LogP contribution in [0.1, 0.15) is 258 Å². The number of rotatable bonds is 55. The van der Waals surface area contributed by atoms with Gasteiger partial charge in [-0.25, -0.2) is 0 Å². The number of unbranched alkanes of at least 4 members (excludes halogenated alkanes) is 21. The first kappa shape index (κ1) is 71.5. The Morgan fingerprint density at radius 2 is 0.526 bits per heavy atom. The lowest BCUT2D eigenvalue weighted by molar-refractivity contribution is -0.161. The summed E-state index contributed by atoms with van der Waals surface area (Å²) in [5.41, 5.74) is 0. The number of carbonyl (C=O) groups excluding carboxylic acids is 2. The van der Waals surface area contributed by atoms with E-state index in [4.69, 9.17) is 9.47 Å². The van der Waals surface area contributed by atoms with Gasteiger partial charge < -0.3 is 14.6 Å². The smallest absolute Gasteiger partial charge is 0.306 e. The average Bonchev–Trinajstić information content (AvgIpc) is 3.42. The molecular weight excluding hydrogens is 933 g/mol. The van der Waals surface area contributed by atoms with Gasteiger partial charge in [0.15, 0.2) is 6.10 Å². The van der Waals surface area contributed by atoms with Crippen molar-refractivity contribution in [3.8, 4) is 0 Å². The van der Waals surface area contributed by atoms with Crippen molar-refractivity contribution in [1.29, 1.82) is 0 Å². The second-order valence-corrected chi connectivity index (χ2v) is 20.0. The van der Waals surface area contributed by atoms with Crippen LogP contribution in [0.3, 0.4) is 0 Å². The number of hydrogen-bond acceptors (Lipinski definition) is 5. The van der Waals surface area contributed by atoms with Crippen LogP contribution in [-0.4, -0.2) is 36.4 Å². The van der Waals surface area contributed by atoms with Gasteiger partial charge in [-0.15, -0.1) is 0 Å². The minimum atomic E-state index is -0.807. The summed E-state index contributed by atoms with van der Waals surface area (Å²) in [6.07, 6.45) is 99.5. The molecule has 1 atom stereocenters. The molecule has 0 aromatic carbocycles. The summed E-state index contributed by atoms with van der Waals surface area (Å²) < 4.78 is 10.7. The monoisotopic (exact) mass is 1050 g/mol. The Balaban J connectivity index is 3.57. The summed E-state index contributed by atoms with van der Waals surface area (Å²) in [6.45, 7) is 3.88. The van der Waals surface area contributed by atoms with Crippen LogP contribution in [-0.2, 0) is 19.1 Å². The van der Waals surface area contributed by atoms with E-state index in [1.165, 1.54) is 109 Å². The van der Waals surface area contributed by atoms with Crippen molar-refractivity contribution in [1.82, 2.24) is 0 Å². The van der Waals surface area contributed by atoms with Crippen molar-refractivity contribution in [2.24, 2.45) is 0 Å². The fraction of sp³-hybridized carbons (Fsp3) is 0.606. The van der Waals surface area contributed by atoms with E-state index in [-0.39, 0.29) is 25.2 Å². The van der Waals surface area contributed by atoms with Crippen LogP contribution in [0.4, 0.5) is 0 Å². The van der Waals surface area contributed by atoms with Gasteiger partial charge in [0.1, 0.15) is 6.61 Å². The van der Waals surface area contributed by atoms with Crippen molar-refractivity contribution in [3.05, 3.63) is 158 Å². The van der Waals surface area contributed by atoms with Crippen LogP contribution < -0.4 is 0 Å². The van der Waals surface area contributed by atoms with Crippen molar-refractivity contribution in [3.63, 3.8) is 0 Å². The fourth-order valence-electron chi connectivity index (χ4n) is 8.25. The number of aliphatic hydroxyl groups is 1. The van der Waals surface area contributed by atoms with E-state index in [9.17, 15) is 14.7 Å². The minimum absolute atomic E-state index is 0.0915. The number of esters is 2. The first-order chi connectivity index (χ1) is 37.6. The molecule has 0 saturated heterocycles. The van der Waals surface area contributed by atoms with Crippen LogP contribution in [0.15, 0.2) is 158 Å². The molecule has 0 spiro atoms. The molecule has 5 heteroatoms. The Bertz CT molecular complexity index is 1660. The molecule has 5 nitrogen and oxygen atoms in total. The Kier molecular flexibility index (Phi) is 61.0. The van der Waals surface area contributed by atoms with E-state index < -0.39 is 6.10 Å². The van der Waals surface area contributed by atoms with Crippen LogP contribution in [0, 0.1) is 0 Å². The van der Waals surface area contributed by atoms with Gasteiger partial charge in [-0.1, -0.05) is 281 Å². The zero-order valence-electron chi connectivity index (χ0n) is 49.0. The largest absolute Gasteiger partial charge is 0.462 e. The minimum Gasteiger partial charge on any atom is -0.462 e. The summed E-state index contributed by atoms with van der Waals surface area (Å²) in [6, 6.07) is 0. The third-order valence-corrected chi connectivity index (χ3v) is 12.8. The third-order valence-electron chi connectivity index (χ3n) is 12.8. The van der Waals surface area contributed by atoms with E-state index in [0.717, 1.165) is 122 Å². The number of carbonyl (C=O) groups is 2. The number of aliphatic hydroxyl groups excluding tert-OH is 1. The summed E-state index contributed by atoms with van der Waals surface area (Å²) >= 11 is 0. The van der Waals surface area contributed by atoms with Gasteiger partial charge in [-0.3, -0.25) is 9.59 Å². The molecule has 0 saturated carbocycles. The maximum absolute atomic E-state index is 12.3. The van der Waals surface area contributed by atoms with Gasteiger partial charge in [0.2, 0.25) is 0 Å². The zero-order valence-corrected chi connectivity index (χ0v) is 49.0. The Morgan fingerprint density at radius 1 is 0.303 bits per heavy atom. The third kappa shape index (κ3) is 62.1. The maximum Gasteiger partial charge on any atom is 0.306 e. The Hall–Kier alpha value is -4.48. The van der Waals surface area contributed by atoms with E-state index >= 15 is 0 Å². The quantitative estimate of drug-likeness (QED) is 0.0373. The standard InChI is InChI=1S/C71H114O5/c1-3-5-7-9-11-13-15-17-19-21-23-25-27-29-31-32-33-34-35-36-37-38-40-41-43-45-47-49-51-53-55-57-59-61-63-65-70(73)75-68-69(67-72)76-71(74)66-64-62-60-58-56-54-52-50-48-46-44-42-39-30-28-26-24-22-20-18-16-14-12-10-8-6-4-2/h5-8,11-14,17-20,23-26,29-31,39,44,46,50,52,56,58,69,72H,3-4,9-10,15-16,21-22,27-28,32-38,40-43,45,47-49,51,53-55,57,59-68H2,1-2H3/b7-5-,8-6-,13-11-,14-12-,19-17-,20-18-,25-23-,26-24-,31-29-,39-30-,46-44-,52-50-,58-56-. The first-order valence-corrected chi connectivity index (χ1v) is 31.0. The van der Waals surface area contributed by atoms with Gasteiger partial charge in [0, 0.05) is 12.8 Å². The molecule has 1 unspecified atom stereocenters. The number of ether oxygens (including phenoxy) is 2. The molecule has 0 aliphatic rings. The normalized spacial score (nSPS) is 13.4. The van der Waals surface area contributed by atoms with E-state index in [0.29, 0.717) is 12.8 Å². The van der Waals surface area contributed by atoms with E-state index in [1.807, 2.05) is 0 Å². The Labute approximate surface area is 469 Å². The molecule has 0 aliphatic carbocycles. The predicted molar refractivity (Wildman–Crippen MR) is 334 cm³/mol. The second kappa shape index (κ2) is 64.8. The van der Waals surface area contributed by atoms with E-state index in [2.05, 4.69) is 172 Å². The molecule has 0 aromatic rings. The Morgan fingerprint density at radius 3 is 0.816 bits per heavy atom. The maximum atomic E-state index is 12.3. The highest BCUT2D eigenvalue weighted by Crippen LogP contribution is 2.16. The van der Waals surface area contributed by atoms with Crippen molar-refractivity contribution in [2.45, 2.75) is 264 Å². The van der Waals surface area contributed by atoms with Crippen molar-refractivity contribution in [2.75, 3.05) is 13.2 Å². The van der Waals surface area contributed by atoms with Gasteiger partial charge in [0.05, 0.1) is 6.61 Å². The molecule has 1 N–H and O–H groups in total. The lowest BCUT2D eigenvalue weighted by atomic mass is 10.0. The topological polar surface area (TPSA) is 72.8 Å². The van der Waals surface area contributed by atoms with Crippen molar-refractivity contribution < 1.29 is 24.2 Å². The highest BCUT2D eigenvalue weighted by atomic mass is 16.6. The zero-order chi connectivity index (χ0) is 54.8. The lowest BCUT2D eigenvalue weighted by Gasteiger charge is -2.15. The van der Waals surface area contributed by atoms with Crippen LogP contribution in [0.2, 0.25) is 0 Å². The van der Waals surface area contributed by atoms with Crippen LogP contribution >= 0.6 is 0 Å². The second-order valence-electron chi connectivity index (χ2n) is 20.0. The molecule has 0 radical (unpaired) electrons. The summed E-state index contributed by atoms with van der Waals surface area (Å²) in [5.74, 6) is -0.646. The summed E-state index contributed by atoms with van der Waals surface area (Å²) in [5, 5.41) is 9.67. The highest BCUT2D eigenvalue weighted by molar-refractivity contribution is 5.70. The molecule has 0 aliphatic heterocycles. The predicted octanol–water partition coefficient (Wildman–Crippen LogP) is 21.5. The molecular formula is C71H114O5. The molecule has 428 valence electrons. The average molecular weight is 1050 g/mol. The highest BCUT2D eigenvalue weighted by Gasteiger charge is 2.16. The van der Waals surface area contributed by atoms with Gasteiger partial charge in [0.25, 0.3) is 0 Å². The van der Waals surface area contributed by atoms with Crippen molar-refractivity contribution >= 4 is 11.9 Å². The number of hydrogen-bond donors (Lipinski definition) is 1. The fourth-order valence-corrected chi connectivity index (χ4v) is 8.25. The molecule has 0 fully saturated rings. The molecule has 0 bridgehead atoms. The van der Waals surface area contributed by atoms with Crippen LogP contribution in [0.5, 0.6) is 0 Å². The first-order valence-electron chi connectivity index (χ1n) is 31.0. The SMILES string of the molecule is CC/C=C\C/C=C\C/C=C\C/C=C\C/C=C\C/C=C\C/C=C\C/C=C\CCCCC(=O)OC(CO)COC(=O)CCCCCCCCCCCCCCCCCCCCC/C=C\C/C=C\C/C=C\C/C=C\C/C=C\CC. The van der Waals surface area contributed by atoms with Gasteiger partial charge in [-0.2, -0.15) is 0 Å². The molecule has 76 heavy (non-hydrogen) atoms. The molecule has 0 amide bonds. The lowest BCUT2D eigenvalue weighted by Crippen LogP contribution is -2.28. The molecule has 0 aromatic heterocycles. The van der Waals surface area contributed by atoms with Crippen LogP contribution in [0.25, 0.3) is 0 Å². The molecule has 0 rings (SSSR count).